The summed E-state index contributed by atoms with van der Waals surface area (Å²) in [7, 11) is 3.91. The topological polar surface area (TPSA) is 44.7 Å². The lowest BCUT2D eigenvalue weighted by Gasteiger charge is -2.15. The molecule has 3 aromatic rings. The molecule has 1 N–H and O–H groups in total. The van der Waals surface area contributed by atoms with Gasteiger partial charge in [0.25, 0.3) is 5.91 Å². The number of amides is 1. The van der Waals surface area contributed by atoms with Gasteiger partial charge in [0, 0.05) is 35.4 Å². The number of aliphatic imine (C=N–C) groups is 1. The van der Waals surface area contributed by atoms with Gasteiger partial charge in [-0.25, -0.2) is 4.99 Å². The highest BCUT2D eigenvalue weighted by molar-refractivity contribution is 6.53. The molecule has 0 heterocycles. The number of rotatable bonds is 5. The van der Waals surface area contributed by atoms with Crippen molar-refractivity contribution in [2.24, 2.45) is 4.99 Å². The summed E-state index contributed by atoms with van der Waals surface area (Å²) in [6.07, 6.45) is 0. The van der Waals surface area contributed by atoms with Crippen molar-refractivity contribution in [2.75, 3.05) is 24.3 Å². The summed E-state index contributed by atoms with van der Waals surface area (Å²) < 4.78 is 0. The van der Waals surface area contributed by atoms with Gasteiger partial charge in [-0.15, -0.1) is 0 Å². The van der Waals surface area contributed by atoms with Crippen LogP contribution < -0.4 is 10.2 Å². The smallest absolute Gasteiger partial charge is 0.275 e. The highest BCUT2D eigenvalue weighted by atomic mass is 35.5. The number of aryl methyl sites for hydroxylation is 1. The highest BCUT2D eigenvalue weighted by Gasteiger charge is 2.20. The van der Waals surface area contributed by atoms with E-state index in [-0.39, 0.29) is 5.71 Å². The third kappa shape index (κ3) is 5.72. The summed E-state index contributed by atoms with van der Waals surface area (Å²) in [6.45, 7) is 1.93. The lowest BCUT2D eigenvalue weighted by Crippen LogP contribution is -2.24. The van der Waals surface area contributed by atoms with E-state index < -0.39 is 5.91 Å². The van der Waals surface area contributed by atoms with Crippen molar-refractivity contribution in [3.63, 3.8) is 0 Å². The highest BCUT2D eigenvalue weighted by Crippen LogP contribution is 2.29. The number of carbonyl (C=O) groups excluding carboxylic acids is 1. The van der Waals surface area contributed by atoms with Gasteiger partial charge < -0.3 is 10.2 Å². The number of nitrogens with one attached hydrogen (secondary N) is 1. The van der Waals surface area contributed by atoms with Crippen LogP contribution in [0.1, 0.15) is 11.1 Å². The molecule has 4 nitrogen and oxygen atoms in total. The Kier molecular flexibility index (Phi) is 7.50. The first-order chi connectivity index (χ1) is 14.7. The second-order valence-electron chi connectivity index (χ2n) is 7.03. The lowest BCUT2D eigenvalue weighted by molar-refractivity contribution is -0.110. The lowest BCUT2D eigenvalue weighted by atomic mass is 10.1. The number of carbonyl (C=O) groups is 1. The van der Waals surface area contributed by atoms with Crippen LogP contribution >= 0.6 is 46.4 Å². The molecule has 0 fully saturated rings. The molecule has 160 valence electrons. The third-order valence-corrected chi connectivity index (χ3v) is 5.62. The van der Waals surface area contributed by atoms with Gasteiger partial charge in [-0.05, 0) is 67.1 Å². The molecule has 3 rings (SSSR count). The predicted octanol–water partition coefficient (Wildman–Crippen LogP) is 7.43. The van der Waals surface area contributed by atoms with Crippen LogP contribution in [0.2, 0.25) is 20.1 Å². The van der Waals surface area contributed by atoms with Gasteiger partial charge in [-0.2, -0.15) is 0 Å². The Hall–Kier alpha value is -2.24. The van der Waals surface area contributed by atoms with Crippen molar-refractivity contribution < 1.29 is 4.79 Å². The average Bonchev–Trinajstić information content (AvgIpc) is 2.70. The number of halogens is 4. The second kappa shape index (κ2) is 9.92. The molecule has 0 aliphatic carbocycles. The monoisotopic (exact) mass is 493 g/mol. The van der Waals surface area contributed by atoms with Crippen LogP contribution in [0.15, 0.2) is 59.6 Å². The maximum Gasteiger partial charge on any atom is 0.275 e. The minimum atomic E-state index is -0.482. The van der Waals surface area contributed by atoms with Gasteiger partial charge >= 0.3 is 0 Å². The van der Waals surface area contributed by atoms with E-state index in [1.54, 1.807) is 36.4 Å². The average molecular weight is 495 g/mol. The van der Waals surface area contributed by atoms with Gasteiger partial charge in [0.1, 0.15) is 5.71 Å². The Morgan fingerprint density at radius 2 is 1.55 bits per heavy atom. The Morgan fingerprint density at radius 1 is 0.871 bits per heavy atom. The molecule has 0 saturated heterocycles. The third-order valence-electron chi connectivity index (χ3n) is 4.51. The SMILES string of the molecule is Cc1cc(N(C)C)ccc1N=C(C(=O)Nc1cc(Cl)ccc1Cl)c1ccc(Cl)cc1Cl. The normalized spacial score (nSPS) is 11.4. The largest absolute Gasteiger partial charge is 0.378 e. The van der Waals surface area contributed by atoms with Crippen molar-refractivity contribution in [3.8, 4) is 0 Å². The summed E-state index contributed by atoms with van der Waals surface area (Å²) in [5.41, 5.74) is 3.51. The molecule has 0 radical (unpaired) electrons. The molecule has 8 heteroatoms. The fourth-order valence-electron chi connectivity index (χ4n) is 2.85. The summed E-state index contributed by atoms with van der Waals surface area (Å²) in [6, 6.07) is 15.5. The molecular formula is C23H19Cl4N3O. The molecular weight excluding hydrogens is 476 g/mol. The second-order valence-corrected chi connectivity index (χ2v) is 8.72. The first-order valence-electron chi connectivity index (χ1n) is 9.24. The van der Waals surface area contributed by atoms with Gasteiger partial charge in [-0.3, -0.25) is 4.79 Å². The summed E-state index contributed by atoms with van der Waals surface area (Å²) in [5.74, 6) is -0.482. The Morgan fingerprint density at radius 3 is 2.19 bits per heavy atom. The zero-order valence-corrected chi connectivity index (χ0v) is 20.0. The van der Waals surface area contributed by atoms with Crippen molar-refractivity contribution >= 4 is 75.1 Å². The van der Waals surface area contributed by atoms with Crippen LogP contribution in [-0.2, 0) is 4.79 Å². The molecule has 0 aliphatic rings. The minimum absolute atomic E-state index is 0.124. The summed E-state index contributed by atoms with van der Waals surface area (Å²) >= 11 is 24.7. The Labute approximate surface area is 201 Å². The number of hydrogen-bond acceptors (Lipinski definition) is 3. The number of hydrogen-bond donors (Lipinski definition) is 1. The van der Waals surface area contributed by atoms with Gasteiger partial charge in [0.05, 0.1) is 21.4 Å². The predicted molar refractivity (Wildman–Crippen MR) is 133 cm³/mol. The molecule has 0 saturated carbocycles. The molecule has 0 spiro atoms. The Balaban J connectivity index is 2.10. The van der Waals surface area contributed by atoms with E-state index in [1.807, 2.05) is 44.1 Å². The first kappa shape index (κ1) is 23.4. The van der Waals surface area contributed by atoms with E-state index in [0.29, 0.717) is 37.0 Å². The maximum atomic E-state index is 13.3. The molecule has 3 aromatic carbocycles. The fourth-order valence-corrected chi connectivity index (χ4v) is 3.69. The standard InChI is InChI=1S/C23H19Cl4N3O/c1-13-10-16(30(2)3)6-9-20(13)28-22(17-7-4-14(24)11-19(17)27)23(31)29-21-12-15(25)5-8-18(21)26/h4-12H,1-3H3,(H,29,31). The van der Waals surface area contributed by atoms with E-state index in [4.69, 9.17) is 46.4 Å². The molecule has 0 bridgehead atoms. The molecule has 31 heavy (non-hydrogen) atoms. The molecule has 0 aromatic heterocycles. The molecule has 1 amide bonds. The van der Waals surface area contributed by atoms with Crippen LogP contribution in [0, 0.1) is 6.92 Å². The number of nitrogens with zero attached hydrogens (tertiary/aromatic N) is 2. The van der Waals surface area contributed by atoms with Crippen LogP contribution in [0.25, 0.3) is 0 Å². The van der Waals surface area contributed by atoms with Gasteiger partial charge in [0.2, 0.25) is 0 Å². The van der Waals surface area contributed by atoms with E-state index >= 15 is 0 Å². The van der Waals surface area contributed by atoms with E-state index in [1.165, 1.54) is 0 Å². The van der Waals surface area contributed by atoms with E-state index in [2.05, 4.69) is 10.3 Å². The molecule has 0 unspecified atom stereocenters. The van der Waals surface area contributed by atoms with E-state index in [0.717, 1.165) is 11.3 Å². The van der Waals surface area contributed by atoms with Crippen molar-refractivity contribution in [2.45, 2.75) is 6.92 Å². The van der Waals surface area contributed by atoms with Gasteiger partial charge in [-0.1, -0.05) is 46.4 Å². The van der Waals surface area contributed by atoms with Crippen LogP contribution in [0.5, 0.6) is 0 Å². The minimum Gasteiger partial charge on any atom is -0.378 e. The van der Waals surface area contributed by atoms with Crippen LogP contribution in [-0.4, -0.2) is 25.7 Å². The quantitative estimate of drug-likeness (QED) is 0.374. The first-order valence-corrected chi connectivity index (χ1v) is 10.8. The summed E-state index contributed by atoms with van der Waals surface area (Å²) in [4.78, 5) is 19.9. The number of benzene rings is 3. The Bertz CT molecular complexity index is 1180. The molecule has 0 atom stereocenters. The van der Waals surface area contributed by atoms with Gasteiger partial charge in [0.15, 0.2) is 0 Å². The van der Waals surface area contributed by atoms with Crippen molar-refractivity contribution in [1.29, 1.82) is 0 Å². The van der Waals surface area contributed by atoms with E-state index in [9.17, 15) is 4.79 Å². The van der Waals surface area contributed by atoms with Crippen LogP contribution in [0.3, 0.4) is 0 Å². The number of anilines is 2. The van der Waals surface area contributed by atoms with Crippen molar-refractivity contribution in [1.82, 2.24) is 0 Å². The zero-order chi connectivity index (χ0) is 22.7. The maximum absolute atomic E-state index is 13.3. The zero-order valence-electron chi connectivity index (χ0n) is 17.0. The van der Waals surface area contributed by atoms with Crippen LogP contribution in [0.4, 0.5) is 17.1 Å². The molecule has 0 aliphatic heterocycles. The van der Waals surface area contributed by atoms with Crippen molar-refractivity contribution in [3.05, 3.63) is 85.8 Å². The fraction of sp³-hybridized carbons (Fsp3) is 0.130. The summed E-state index contributed by atoms with van der Waals surface area (Å²) in [5, 5.41) is 4.33.